The summed E-state index contributed by atoms with van der Waals surface area (Å²) < 4.78 is 13.6. The van der Waals surface area contributed by atoms with Crippen molar-refractivity contribution in [1.82, 2.24) is 14.7 Å². The van der Waals surface area contributed by atoms with Gasteiger partial charge in [0.2, 0.25) is 5.88 Å². The minimum atomic E-state index is -0.542. The van der Waals surface area contributed by atoms with Crippen molar-refractivity contribution in [3.63, 3.8) is 0 Å². The van der Waals surface area contributed by atoms with Crippen LogP contribution < -0.4 is 4.74 Å². The largest absolute Gasteiger partial charge is 0.439 e. The number of ether oxygens (including phenoxy) is 2. The molecule has 0 amide bonds. The first-order chi connectivity index (χ1) is 15.5. The highest BCUT2D eigenvalue weighted by Gasteiger charge is 2.23. The number of aryl methyl sites for hydroxylation is 2. The summed E-state index contributed by atoms with van der Waals surface area (Å²) in [6, 6.07) is 18.2. The van der Waals surface area contributed by atoms with Crippen molar-refractivity contribution >= 4 is 0 Å². The molecule has 0 bridgehead atoms. The molecule has 0 aliphatic heterocycles. The SMILES string of the molecule is CCCN(Cc1c(-c2ccccc2)nn(C)c1Oc1ccc(C)cc1)C[C@H](O)COCC. The van der Waals surface area contributed by atoms with Gasteiger partial charge in [0.25, 0.3) is 0 Å². The molecule has 0 aliphatic carbocycles. The van der Waals surface area contributed by atoms with E-state index in [1.807, 2.05) is 56.4 Å². The molecule has 3 aromatic rings. The predicted octanol–water partition coefficient (Wildman–Crippen LogP) is 4.80. The van der Waals surface area contributed by atoms with Gasteiger partial charge in [-0.1, -0.05) is 55.0 Å². The van der Waals surface area contributed by atoms with Crippen LogP contribution in [0.5, 0.6) is 11.6 Å². The summed E-state index contributed by atoms with van der Waals surface area (Å²) in [6.07, 6.45) is 0.441. The highest BCUT2D eigenvalue weighted by molar-refractivity contribution is 5.65. The van der Waals surface area contributed by atoms with Gasteiger partial charge in [-0.05, 0) is 38.9 Å². The first-order valence-electron chi connectivity index (χ1n) is 11.4. The minimum Gasteiger partial charge on any atom is -0.439 e. The molecule has 0 radical (unpaired) electrons. The fourth-order valence-electron chi connectivity index (χ4n) is 3.75. The summed E-state index contributed by atoms with van der Waals surface area (Å²) in [7, 11) is 1.91. The van der Waals surface area contributed by atoms with Gasteiger partial charge in [0.15, 0.2) is 0 Å². The molecule has 172 valence electrons. The maximum Gasteiger partial charge on any atom is 0.222 e. The van der Waals surface area contributed by atoms with Gasteiger partial charge in [-0.2, -0.15) is 5.10 Å². The quantitative estimate of drug-likeness (QED) is 0.441. The van der Waals surface area contributed by atoms with Crippen LogP contribution in [0.3, 0.4) is 0 Å². The summed E-state index contributed by atoms with van der Waals surface area (Å²) in [5.41, 5.74) is 4.14. The maximum atomic E-state index is 10.5. The van der Waals surface area contributed by atoms with Crippen molar-refractivity contribution in [1.29, 1.82) is 0 Å². The molecule has 0 saturated heterocycles. The summed E-state index contributed by atoms with van der Waals surface area (Å²) in [4.78, 5) is 2.25. The summed E-state index contributed by atoms with van der Waals surface area (Å²) in [5.74, 6) is 1.49. The normalized spacial score (nSPS) is 12.3. The zero-order valence-electron chi connectivity index (χ0n) is 19.6. The Morgan fingerprint density at radius 3 is 2.44 bits per heavy atom. The number of rotatable bonds is 12. The Morgan fingerprint density at radius 1 is 1.06 bits per heavy atom. The molecule has 0 saturated carbocycles. The Kier molecular flexibility index (Phi) is 8.85. The molecule has 0 aliphatic rings. The lowest BCUT2D eigenvalue weighted by molar-refractivity contribution is 0.0195. The molecule has 0 spiro atoms. The van der Waals surface area contributed by atoms with Gasteiger partial charge < -0.3 is 14.6 Å². The first-order valence-corrected chi connectivity index (χ1v) is 11.4. The van der Waals surface area contributed by atoms with Gasteiger partial charge in [0.05, 0.1) is 18.3 Å². The van der Waals surface area contributed by atoms with Crippen molar-refractivity contribution in [2.45, 2.75) is 39.8 Å². The van der Waals surface area contributed by atoms with Gasteiger partial charge >= 0.3 is 0 Å². The molecule has 2 aromatic carbocycles. The number of aliphatic hydroxyl groups is 1. The van der Waals surface area contributed by atoms with E-state index in [0.29, 0.717) is 32.2 Å². The van der Waals surface area contributed by atoms with Crippen molar-refractivity contribution in [3.8, 4) is 22.9 Å². The maximum absolute atomic E-state index is 10.5. The van der Waals surface area contributed by atoms with Crippen LogP contribution in [0.4, 0.5) is 0 Å². The highest BCUT2D eigenvalue weighted by atomic mass is 16.5. The van der Waals surface area contributed by atoms with E-state index in [4.69, 9.17) is 14.6 Å². The number of aliphatic hydroxyl groups excluding tert-OH is 1. The van der Waals surface area contributed by atoms with Crippen molar-refractivity contribution in [2.75, 3.05) is 26.3 Å². The summed E-state index contributed by atoms with van der Waals surface area (Å²) in [6.45, 7) is 9.08. The molecule has 6 nitrogen and oxygen atoms in total. The first kappa shape index (κ1) is 24.0. The molecule has 0 fully saturated rings. The lowest BCUT2D eigenvalue weighted by Crippen LogP contribution is -2.35. The molecular formula is C26H35N3O3. The van der Waals surface area contributed by atoms with Crippen LogP contribution in [0.2, 0.25) is 0 Å². The van der Waals surface area contributed by atoms with Crippen LogP contribution in [0.25, 0.3) is 11.3 Å². The third kappa shape index (κ3) is 6.42. The number of nitrogens with zero attached hydrogens (tertiary/aromatic N) is 3. The van der Waals surface area contributed by atoms with E-state index >= 15 is 0 Å². The second-order valence-corrected chi connectivity index (χ2v) is 8.09. The Morgan fingerprint density at radius 2 is 1.78 bits per heavy atom. The number of benzene rings is 2. The predicted molar refractivity (Wildman–Crippen MR) is 128 cm³/mol. The van der Waals surface area contributed by atoms with Crippen molar-refractivity contribution in [2.24, 2.45) is 7.05 Å². The van der Waals surface area contributed by atoms with Crippen LogP contribution in [0.1, 0.15) is 31.4 Å². The fraction of sp³-hybridized carbons (Fsp3) is 0.423. The molecule has 3 rings (SSSR count). The standard InChI is InChI=1S/C26H35N3O3/c1-5-16-29(17-22(30)19-31-6-2)18-24-25(21-10-8-7-9-11-21)27-28(4)26(24)32-23-14-12-20(3)13-15-23/h7-15,22,30H,5-6,16-19H2,1-4H3/t22-/m0/s1. The molecule has 32 heavy (non-hydrogen) atoms. The Bertz CT molecular complexity index is 954. The lowest BCUT2D eigenvalue weighted by Gasteiger charge is -2.25. The molecular weight excluding hydrogens is 402 g/mol. The Balaban J connectivity index is 1.95. The van der Waals surface area contributed by atoms with Crippen LogP contribution >= 0.6 is 0 Å². The summed E-state index contributed by atoms with van der Waals surface area (Å²) >= 11 is 0. The van der Waals surface area contributed by atoms with Crippen LogP contribution in [0.15, 0.2) is 54.6 Å². The summed E-state index contributed by atoms with van der Waals surface area (Å²) in [5, 5.41) is 15.3. The van der Waals surface area contributed by atoms with E-state index in [1.165, 1.54) is 5.56 Å². The monoisotopic (exact) mass is 437 g/mol. The second-order valence-electron chi connectivity index (χ2n) is 8.09. The van der Waals surface area contributed by atoms with E-state index in [2.05, 4.69) is 30.9 Å². The third-order valence-electron chi connectivity index (χ3n) is 5.28. The number of aromatic nitrogens is 2. The van der Waals surface area contributed by atoms with E-state index in [-0.39, 0.29) is 0 Å². The van der Waals surface area contributed by atoms with Gasteiger partial charge in [-0.15, -0.1) is 0 Å². The smallest absolute Gasteiger partial charge is 0.222 e. The molecule has 1 atom stereocenters. The van der Waals surface area contributed by atoms with E-state index < -0.39 is 6.10 Å². The average molecular weight is 438 g/mol. The molecule has 1 aromatic heterocycles. The molecule has 0 unspecified atom stereocenters. The average Bonchev–Trinajstić information content (AvgIpc) is 3.09. The highest BCUT2D eigenvalue weighted by Crippen LogP contribution is 2.34. The number of hydrogen-bond acceptors (Lipinski definition) is 5. The van der Waals surface area contributed by atoms with Crippen molar-refractivity contribution < 1.29 is 14.6 Å². The van der Waals surface area contributed by atoms with Gasteiger partial charge in [-0.25, -0.2) is 4.68 Å². The Labute approximate surface area is 191 Å². The van der Waals surface area contributed by atoms with Crippen LogP contribution in [-0.2, 0) is 18.3 Å². The van der Waals surface area contributed by atoms with Crippen LogP contribution in [0, 0.1) is 6.92 Å². The Hall–Kier alpha value is -2.67. The lowest BCUT2D eigenvalue weighted by atomic mass is 10.1. The molecule has 6 heteroatoms. The minimum absolute atomic E-state index is 0.335. The zero-order chi connectivity index (χ0) is 22.9. The second kappa shape index (κ2) is 11.8. The zero-order valence-corrected chi connectivity index (χ0v) is 19.6. The van der Waals surface area contributed by atoms with Gasteiger partial charge in [0, 0.05) is 32.3 Å². The molecule has 1 heterocycles. The van der Waals surface area contributed by atoms with E-state index in [0.717, 1.165) is 35.5 Å². The van der Waals surface area contributed by atoms with E-state index in [9.17, 15) is 5.11 Å². The fourth-order valence-corrected chi connectivity index (χ4v) is 3.75. The topological polar surface area (TPSA) is 59.8 Å². The van der Waals surface area contributed by atoms with Gasteiger partial charge in [0.1, 0.15) is 11.4 Å². The van der Waals surface area contributed by atoms with Gasteiger partial charge in [-0.3, -0.25) is 4.90 Å². The van der Waals surface area contributed by atoms with E-state index in [1.54, 1.807) is 4.68 Å². The third-order valence-corrected chi connectivity index (χ3v) is 5.28. The number of hydrogen-bond donors (Lipinski definition) is 1. The van der Waals surface area contributed by atoms with Crippen molar-refractivity contribution in [3.05, 3.63) is 65.7 Å². The molecule has 1 N–H and O–H groups in total. The van der Waals surface area contributed by atoms with Crippen LogP contribution in [-0.4, -0.2) is 52.2 Å².